The summed E-state index contributed by atoms with van der Waals surface area (Å²) in [7, 11) is 2.20. The molecular formula is C15H30N4. The minimum atomic E-state index is -0.381. The molecule has 19 heavy (non-hydrogen) atoms. The summed E-state index contributed by atoms with van der Waals surface area (Å²) in [5, 5.41) is 12.7. The van der Waals surface area contributed by atoms with E-state index < -0.39 is 0 Å². The molecule has 0 amide bonds. The van der Waals surface area contributed by atoms with Crippen LogP contribution in [0.25, 0.3) is 0 Å². The molecule has 2 atom stereocenters. The Morgan fingerprint density at radius 1 is 1.42 bits per heavy atom. The van der Waals surface area contributed by atoms with E-state index in [2.05, 4.69) is 42.1 Å². The monoisotopic (exact) mass is 266 g/mol. The maximum absolute atomic E-state index is 9.37. The molecule has 2 unspecified atom stereocenters. The second-order valence-electron chi connectivity index (χ2n) is 6.12. The minimum absolute atomic E-state index is 0.381. The van der Waals surface area contributed by atoms with Gasteiger partial charge >= 0.3 is 0 Å². The molecule has 4 heteroatoms. The Morgan fingerprint density at radius 2 is 2.16 bits per heavy atom. The number of likely N-dealkylation sites (N-methyl/N-ethyl adjacent to an activating group) is 1. The average molecular weight is 266 g/mol. The van der Waals surface area contributed by atoms with Gasteiger partial charge in [-0.2, -0.15) is 5.26 Å². The normalized spacial score (nSPS) is 25.5. The van der Waals surface area contributed by atoms with Gasteiger partial charge in [-0.3, -0.25) is 10.2 Å². The lowest BCUT2D eigenvalue weighted by Crippen LogP contribution is -2.46. The zero-order chi connectivity index (χ0) is 14.3. The Bertz CT molecular complexity index is 299. The standard InChI is InChI=1S/C15H30N4/c1-5-8-17-15(3,13-16)7-11-19-10-6-9-18(4)12-14(19)2/h14,17H,5-12H2,1-4H3. The maximum Gasteiger partial charge on any atom is 0.105 e. The number of rotatable bonds is 6. The predicted molar refractivity (Wildman–Crippen MR) is 80.1 cm³/mol. The zero-order valence-corrected chi connectivity index (χ0v) is 13.1. The first-order chi connectivity index (χ1) is 9.00. The van der Waals surface area contributed by atoms with Crippen LogP contribution in [-0.4, -0.2) is 61.2 Å². The first-order valence-corrected chi connectivity index (χ1v) is 7.59. The van der Waals surface area contributed by atoms with E-state index in [4.69, 9.17) is 0 Å². The van der Waals surface area contributed by atoms with Gasteiger partial charge in [0.05, 0.1) is 6.07 Å². The SMILES string of the molecule is CCCNC(C)(C#N)CCN1CCCN(C)CC1C. The van der Waals surface area contributed by atoms with Crippen LogP contribution in [0.1, 0.15) is 40.0 Å². The third-order valence-corrected chi connectivity index (χ3v) is 4.10. The lowest BCUT2D eigenvalue weighted by Gasteiger charge is -2.31. The molecule has 0 saturated carbocycles. The molecule has 1 fully saturated rings. The number of hydrogen-bond donors (Lipinski definition) is 1. The van der Waals surface area contributed by atoms with E-state index in [1.165, 1.54) is 13.0 Å². The van der Waals surface area contributed by atoms with Crippen molar-refractivity contribution >= 4 is 0 Å². The van der Waals surface area contributed by atoms with E-state index in [9.17, 15) is 5.26 Å². The highest BCUT2D eigenvalue weighted by atomic mass is 15.2. The minimum Gasteiger partial charge on any atom is -0.305 e. The van der Waals surface area contributed by atoms with Gasteiger partial charge < -0.3 is 4.90 Å². The topological polar surface area (TPSA) is 42.3 Å². The molecule has 1 N–H and O–H groups in total. The summed E-state index contributed by atoms with van der Waals surface area (Å²) in [6, 6.07) is 3.03. The van der Waals surface area contributed by atoms with E-state index >= 15 is 0 Å². The van der Waals surface area contributed by atoms with E-state index in [0.717, 1.165) is 39.0 Å². The Hall–Kier alpha value is -0.630. The van der Waals surface area contributed by atoms with Crippen LogP contribution in [0, 0.1) is 11.3 Å². The summed E-state index contributed by atoms with van der Waals surface area (Å²) in [6.45, 7) is 11.9. The number of hydrogen-bond acceptors (Lipinski definition) is 4. The summed E-state index contributed by atoms with van der Waals surface area (Å²) in [4.78, 5) is 4.94. The molecule has 4 nitrogen and oxygen atoms in total. The van der Waals surface area contributed by atoms with Crippen LogP contribution in [0.2, 0.25) is 0 Å². The number of nitrogens with zero attached hydrogens (tertiary/aromatic N) is 3. The fourth-order valence-corrected chi connectivity index (χ4v) is 2.71. The lowest BCUT2D eigenvalue weighted by atomic mass is 9.99. The lowest BCUT2D eigenvalue weighted by molar-refractivity contribution is 0.186. The summed E-state index contributed by atoms with van der Waals surface area (Å²) in [5.74, 6) is 0. The molecule has 0 aliphatic carbocycles. The average Bonchev–Trinajstić information content (AvgIpc) is 2.55. The fourth-order valence-electron chi connectivity index (χ4n) is 2.71. The third-order valence-electron chi connectivity index (χ3n) is 4.10. The van der Waals surface area contributed by atoms with E-state index in [-0.39, 0.29) is 5.54 Å². The van der Waals surface area contributed by atoms with Crippen LogP contribution in [0.15, 0.2) is 0 Å². The Morgan fingerprint density at radius 3 is 2.79 bits per heavy atom. The van der Waals surface area contributed by atoms with Gasteiger partial charge in [-0.1, -0.05) is 6.92 Å². The first-order valence-electron chi connectivity index (χ1n) is 7.59. The number of nitrogens with one attached hydrogen (secondary N) is 1. The van der Waals surface area contributed by atoms with Crippen molar-refractivity contribution in [1.82, 2.24) is 15.1 Å². The maximum atomic E-state index is 9.37. The van der Waals surface area contributed by atoms with Gasteiger partial charge in [0, 0.05) is 19.1 Å². The van der Waals surface area contributed by atoms with E-state index in [1.807, 2.05) is 6.92 Å². The molecule has 0 spiro atoms. The largest absolute Gasteiger partial charge is 0.305 e. The van der Waals surface area contributed by atoms with Gasteiger partial charge in [0.15, 0.2) is 0 Å². The third kappa shape index (κ3) is 5.48. The van der Waals surface area contributed by atoms with Crippen molar-refractivity contribution < 1.29 is 0 Å². The summed E-state index contributed by atoms with van der Waals surface area (Å²) in [5.41, 5.74) is -0.381. The molecular weight excluding hydrogens is 236 g/mol. The van der Waals surface area contributed by atoms with Crippen molar-refractivity contribution in [1.29, 1.82) is 5.26 Å². The molecule has 1 heterocycles. The molecule has 0 aromatic carbocycles. The molecule has 1 saturated heterocycles. The van der Waals surface area contributed by atoms with E-state index in [0.29, 0.717) is 6.04 Å². The van der Waals surface area contributed by atoms with Crippen LogP contribution in [0.3, 0.4) is 0 Å². The second-order valence-corrected chi connectivity index (χ2v) is 6.12. The Labute approximate surface area is 118 Å². The van der Waals surface area contributed by atoms with Crippen molar-refractivity contribution in [2.24, 2.45) is 0 Å². The molecule has 1 rings (SSSR count). The highest BCUT2D eigenvalue weighted by Gasteiger charge is 2.26. The Balaban J connectivity index is 2.47. The van der Waals surface area contributed by atoms with Crippen molar-refractivity contribution in [2.75, 3.05) is 39.8 Å². The van der Waals surface area contributed by atoms with Crippen LogP contribution in [-0.2, 0) is 0 Å². The van der Waals surface area contributed by atoms with Gasteiger partial charge in [-0.15, -0.1) is 0 Å². The van der Waals surface area contributed by atoms with Crippen molar-refractivity contribution in [2.45, 2.75) is 51.6 Å². The van der Waals surface area contributed by atoms with E-state index in [1.54, 1.807) is 0 Å². The molecule has 0 aromatic rings. The molecule has 0 radical (unpaired) electrons. The Kier molecular flexibility index (Phi) is 6.78. The second kappa shape index (κ2) is 7.84. The first kappa shape index (κ1) is 16.4. The highest BCUT2D eigenvalue weighted by molar-refractivity contribution is 5.04. The van der Waals surface area contributed by atoms with Gasteiger partial charge in [0.2, 0.25) is 0 Å². The van der Waals surface area contributed by atoms with Gasteiger partial charge in [-0.25, -0.2) is 0 Å². The van der Waals surface area contributed by atoms with Crippen LogP contribution in [0.5, 0.6) is 0 Å². The highest BCUT2D eigenvalue weighted by Crippen LogP contribution is 2.14. The van der Waals surface area contributed by atoms with Crippen LogP contribution >= 0.6 is 0 Å². The predicted octanol–water partition coefficient (Wildman–Crippen LogP) is 1.68. The van der Waals surface area contributed by atoms with Gasteiger partial charge in [0.1, 0.15) is 5.54 Å². The van der Waals surface area contributed by atoms with Crippen LogP contribution < -0.4 is 5.32 Å². The smallest absolute Gasteiger partial charge is 0.105 e. The van der Waals surface area contributed by atoms with Gasteiger partial charge in [-0.05, 0) is 59.8 Å². The zero-order valence-electron chi connectivity index (χ0n) is 13.1. The van der Waals surface area contributed by atoms with Gasteiger partial charge in [0.25, 0.3) is 0 Å². The fraction of sp³-hybridized carbons (Fsp3) is 0.933. The van der Waals surface area contributed by atoms with Crippen molar-refractivity contribution in [3.8, 4) is 6.07 Å². The summed E-state index contributed by atoms with van der Waals surface area (Å²) >= 11 is 0. The summed E-state index contributed by atoms with van der Waals surface area (Å²) < 4.78 is 0. The summed E-state index contributed by atoms with van der Waals surface area (Å²) in [6.07, 6.45) is 3.20. The number of nitriles is 1. The van der Waals surface area contributed by atoms with Crippen LogP contribution in [0.4, 0.5) is 0 Å². The molecule has 1 aliphatic rings. The van der Waals surface area contributed by atoms with Crippen molar-refractivity contribution in [3.05, 3.63) is 0 Å². The quantitative estimate of drug-likeness (QED) is 0.794. The molecule has 110 valence electrons. The van der Waals surface area contributed by atoms with Crippen molar-refractivity contribution in [3.63, 3.8) is 0 Å². The molecule has 1 aliphatic heterocycles. The molecule has 0 bridgehead atoms. The molecule has 0 aromatic heterocycles.